The van der Waals surface area contributed by atoms with Crippen LogP contribution in [-0.2, 0) is 4.79 Å². The molecule has 0 aromatic heterocycles. The van der Waals surface area contributed by atoms with Gasteiger partial charge in [0.1, 0.15) is 0 Å². The Morgan fingerprint density at radius 2 is 2.27 bits per heavy atom. The topological polar surface area (TPSA) is 55.5 Å². The first-order chi connectivity index (χ1) is 5.07. The van der Waals surface area contributed by atoms with E-state index in [-0.39, 0.29) is 5.78 Å². The molecule has 0 fully saturated rings. The third kappa shape index (κ3) is 4.25. The molecule has 0 aromatic rings. The van der Waals surface area contributed by atoms with E-state index in [2.05, 4.69) is 5.11 Å². The Kier molecular flexibility index (Phi) is 4.10. The molecular weight excluding hydrogens is 144 g/mol. The summed E-state index contributed by atoms with van der Waals surface area (Å²) in [6, 6.07) is -0.552. The molecule has 1 unspecified atom stereocenters. The van der Waals surface area contributed by atoms with Crippen LogP contribution in [0, 0.1) is 5.21 Å². The molecule has 0 aliphatic carbocycles. The Morgan fingerprint density at radius 1 is 1.73 bits per heavy atom. The molecule has 0 amide bonds. The zero-order chi connectivity index (χ0) is 8.85. The van der Waals surface area contributed by atoms with Gasteiger partial charge in [0.25, 0.3) is 0 Å². The Balaban J connectivity index is 4.18. The largest absolute Gasteiger partial charge is 0.595 e. The average Bonchev–Trinajstić information content (AvgIpc) is 1.87. The average molecular weight is 156 g/mol. The molecule has 0 N–H and O–H groups in total. The number of allylic oxidation sites excluding steroid dienone is 1. The predicted octanol–water partition coefficient (Wildman–Crippen LogP) is 1.46. The van der Waals surface area contributed by atoms with Gasteiger partial charge in [-0.25, -0.2) is 0 Å². The second kappa shape index (κ2) is 4.60. The number of nitrogens with zero attached hydrogens (tertiary/aromatic N) is 2. The van der Waals surface area contributed by atoms with Crippen LogP contribution in [0.3, 0.4) is 0 Å². The van der Waals surface area contributed by atoms with Crippen molar-refractivity contribution in [2.75, 3.05) is 0 Å². The van der Waals surface area contributed by atoms with Gasteiger partial charge in [0.2, 0.25) is 6.20 Å². The number of hydrogen-bond donors (Lipinski definition) is 0. The quantitative estimate of drug-likeness (QED) is 0.353. The Labute approximate surface area is 65.8 Å². The van der Waals surface area contributed by atoms with E-state index in [1.165, 1.54) is 13.1 Å². The first-order valence-electron chi connectivity index (χ1n) is 3.38. The van der Waals surface area contributed by atoms with Gasteiger partial charge >= 0.3 is 0 Å². The monoisotopic (exact) mass is 156 g/mol. The van der Waals surface area contributed by atoms with Gasteiger partial charge in [-0.1, -0.05) is 4.86 Å². The van der Waals surface area contributed by atoms with Crippen molar-refractivity contribution in [1.82, 2.24) is 0 Å². The minimum atomic E-state index is -0.552. The Hall–Kier alpha value is -1.19. The summed E-state index contributed by atoms with van der Waals surface area (Å²) >= 11 is 0. The molecule has 0 aliphatic heterocycles. The van der Waals surface area contributed by atoms with Crippen molar-refractivity contribution in [3.05, 3.63) is 17.5 Å². The van der Waals surface area contributed by atoms with E-state index in [0.29, 0.717) is 4.86 Å². The zero-order valence-corrected chi connectivity index (χ0v) is 6.94. The van der Waals surface area contributed by atoms with Gasteiger partial charge in [-0.15, -0.1) is 0 Å². The highest BCUT2D eigenvalue weighted by atomic mass is 16.5. The van der Waals surface area contributed by atoms with Gasteiger partial charge in [0, 0.05) is 0 Å². The number of carbonyl (C=O) groups excluding carboxylic acids is 1. The van der Waals surface area contributed by atoms with Gasteiger partial charge < -0.3 is 5.21 Å². The van der Waals surface area contributed by atoms with Crippen molar-refractivity contribution >= 4 is 5.78 Å². The number of hydroxylamine groups is 1. The molecule has 4 nitrogen and oxygen atoms in total. The Bertz CT molecular complexity index is 197. The van der Waals surface area contributed by atoms with E-state index in [9.17, 15) is 10.0 Å². The van der Waals surface area contributed by atoms with Crippen molar-refractivity contribution in [3.63, 3.8) is 0 Å². The molecule has 0 rings (SSSR count). The molecule has 0 saturated carbocycles. The zero-order valence-electron chi connectivity index (χ0n) is 6.94. The van der Waals surface area contributed by atoms with Gasteiger partial charge in [0.15, 0.2) is 11.8 Å². The van der Waals surface area contributed by atoms with Crippen molar-refractivity contribution < 1.29 is 9.66 Å². The summed E-state index contributed by atoms with van der Waals surface area (Å²) in [5.41, 5.74) is 0. The second-order valence-electron chi connectivity index (χ2n) is 2.19. The minimum Gasteiger partial charge on any atom is -0.595 e. The van der Waals surface area contributed by atoms with Crippen molar-refractivity contribution in [2.45, 2.75) is 26.8 Å². The predicted molar refractivity (Wildman–Crippen MR) is 41.0 cm³/mol. The number of azo groups is 1. The van der Waals surface area contributed by atoms with E-state index in [1.54, 1.807) is 19.9 Å². The fourth-order valence-electron chi connectivity index (χ4n) is 0.418. The lowest BCUT2D eigenvalue weighted by Gasteiger charge is -1.97. The van der Waals surface area contributed by atoms with Crippen molar-refractivity contribution in [3.8, 4) is 0 Å². The summed E-state index contributed by atoms with van der Waals surface area (Å²) in [6.07, 6.45) is 2.81. The normalized spacial score (nSPS) is 15.4. The first-order valence-corrected chi connectivity index (χ1v) is 3.38. The number of rotatable bonds is 3. The molecule has 0 spiro atoms. The van der Waals surface area contributed by atoms with Crippen LogP contribution in [0.2, 0.25) is 0 Å². The molecule has 0 radical (unpaired) electrons. The Morgan fingerprint density at radius 3 is 2.64 bits per heavy atom. The van der Waals surface area contributed by atoms with E-state index in [0.717, 1.165) is 0 Å². The molecular formula is C7H12N2O2. The van der Waals surface area contributed by atoms with Gasteiger partial charge in [-0.3, -0.25) is 4.79 Å². The van der Waals surface area contributed by atoms with Crippen LogP contribution < -0.4 is 0 Å². The third-order valence-corrected chi connectivity index (χ3v) is 1.15. The summed E-state index contributed by atoms with van der Waals surface area (Å²) < 4.78 is 0. The lowest BCUT2D eigenvalue weighted by atomic mass is 10.3. The maximum atomic E-state index is 10.7. The second-order valence-corrected chi connectivity index (χ2v) is 2.19. The molecule has 62 valence electrons. The standard InChI is InChI=1S/C7H12N2O2/c1-4-5-9(11)8-6(2)7(3)10/h4-6H,1-3H3/b5-4+,9-8?. The van der Waals surface area contributed by atoms with Crippen LogP contribution in [0.15, 0.2) is 17.4 Å². The molecule has 0 bridgehead atoms. The fourth-order valence-corrected chi connectivity index (χ4v) is 0.418. The summed E-state index contributed by atoms with van der Waals surface area (Å²) in [6.45, 7) is 4.69. The SMILES string of the molecule is C/C=C/[N+]([O-])=NC(C)C(C)=O. The maximum absolute atomic E-state index is 10.7. The first kappa shape index (κ1) is 9.81. The summed E-state index contributed by atoms with van der Waals surface area (Å²) in [5, 5.41) is 14.2. The van der Waals surface area contributed by atoms with E-state index in [4.69, 9.17) is 0 Å². The lowest BCUT2D eigenvalue weighted by molar-refractivity contribution is -0.461. The summed E-state index contributed by atoms with van der Waals surface area (Å²) in [7, 11) is 0. The molecule has 0 heterocycles. The highest BCUT2D eigenvalue weighted by molar-refractivity contribution is 5.80. The van der Waals surface area contributed by atoms with Crippen molar-refractivity contribution in [1.29, 1.82) is 0 Å². The molecule has 0 saturated heterocycles. The molecule has 0 aliphatic rings. The number of Topliss-reactive ketones (excluding diaryl/α,β-unsaturated/α-hetero) is 1. The third-order valence-electron chi connectivity index (χ3n) is 1.15. The summed E-state index contributed by atoms with van der Waals surface area (Å²) in [5.74, 6) is -0.115. The van der Waals surface area contributed by atoms with Gasteiger partial charge in [-0.05, 0) is 32.0 Å². The highest BCUT2D eigenvalue weighted by Crippen LogP contribution is 1.92. The van der Waals surface area contributed by atoms with Crippen LogP contribution >= 0.6 is 0 Å². The lowest BCUT2D eigenvalue weighted by Crippen LogP contribution is -2.12. The fraction of sp³-hybridized carbons (Fsp3) is 0.571. The number of carbonyl (C=O) groups is 1. The van der Waals surface area contributed by atoms with Crippen LogP contribution in [0.1, 0.15) is 20.8 Å². The van der Waals surface area contributed by atoms with E-state index >= 15 is 0 Å². The summed E-state index contributed by atoms with van der Waals surface area (Å²) in [4.78, 5) is 11.0. The molecule has 0 aromatic carbocycles. The van der Waals surface area contributed by atoms with Gasteiger partial charge in [0.05, 0.1) is 0 Å². The number of ketones is 1. The van der Waals surface area contributed by atoms with E-state index in [1.807, 2.05) is 0 Å². The smallest absolute Gasteiger partial charge is 0.205 e. The van der Waals surface area contributed by atoms with Crippen LogP contribution in [0.5, 0.6) is 0 Å². The van der Waals surface area contributed by atoms with E-state index < -0.39 is 6.04 Å². The molecule has 1 atom stereocenters. The van der Waals surface area contributed by atoms with Gasteiger partial charge in [-0.2, -0.15) is 0 Å². The van der Waals surface area contributed by atoms with Crippen molar-refractivity contribution in [2.24, 2.45) is 5.11 Å². The molecule has 4 heteroatoms. The maximum Gasteiger partial charge on any atom is 0.205 e. The van der Waals surface area contributed by atoms with Crippen LogP contribution in [0.25, 0.3) is 0 Å². The van der Waals surface area contributed by atoms with Crippen LogP contribution in [0.4, 0.5) is 0 Å². The highest BCUT2D eigenvalue weighted by Gasteiger charge is 2.08. The minimum absolute atomic E-state index is 0.115. The van der Waals surface area contributed by atoms with Crippen LogP contribution in [-0.4, -0.2) is 16.7 Å². The molecule has 11 heavy (non-hydrogen) atoms. The number of hydrogen-bond acceptors (Lipinski definition) is 3.